The lowest BCUT2D eigenvalue weighted by molar-refractivity contribution is -0.132. The number of hydrogen-bond donors (Lipinski definition) is 0. The van der Waals surface area contributed by atoms with Gasteiger partial charge < -0.3 is 4.90 Å². The second kappa shape index (κ2) is 6.60. The zero-order chi connectivity index (χ0) is 15.5. The summed E-state index contributed by atoms with van der Waals surface area (Å²) in [5.74, 6) is 0.352. The number of aryl methyl sites for hydroxylation is 1. The molecule has 2 rings (SSSR count). The van der Waals surface area contributed by atoms with Crippen molar-refractivity contribution in [2.75, 3.05) is 18.1 Å². The number of amides is 1. The first-order chi connectivity index (χ1) is 9.91. The molecule has 1 heterocycles. The van der Waals surface area contributed by atoms with Crippen molar-refractivity contribution in [2.24, 2.45) is 0 Å². The molecule has 116 valence electrons. The van der Waals surface area contributed by atoms with Crippen LogP contribution in [0.5, 0.6) is 0 Å². The van der Waals surface area contributed by atoms with E-state index < -0.39 is 9.84 Å². The Morgan fingerprint density at radius 3 is 2.48 bits per heavy atom. The van der Waals surface area contributed by atoms with Gasteiger partial charge in [0.25, 0.3) is 0 Å². The molecule has 1 atom stereocenters. The highest BCUT2D eigenvalue weighted by molar-refractivity contribution is 7.91. The van der Waals surface area contributed by atoms with Gasteiger partial charge in [0.1, 0.15) is 0 Å². The Bertz CT molecular complexity index is 592. The van der Waals surface area contributed by atoms with Crippen LogP contribution in [-0.2, 0) is 21.1 Å². The van der Waals surface area contributed by atoms with Crippen LogP contribution in [-0.4, -0.2) is 43.3 Å². The molecule has 5 heteroatoms. The van der Waals surface area contributed by atoms with Crippen molar-refractivity contribution < 1.29 is 13.2 Å². The molecule has 4 nitrogen and oxygen atoms in total. The van der Waals surface area contributed by atoms with Gasteiger partial charge in [0.05, 0.1) is 17.9 Å². The second-order valence-corrected chi connectivity index (χ2v) is 8.04. The first-order valence-corrected chi connectivity index (χ1v) is 9.29. The molecule has 1 aromatic carbocycles. The van der Waals surface area contributed by atoms with Gasteiger partial charge in [0.15, 0.2) is 9.84 Å². The SMILES string of the molecule is CCCN(C(=O)Cc1ccc(C)cc1)C1CCS(=O)(=O)C1. The second-order valence-electron chi connectivity index (χ2n) is 5.81. The Balaban J connectivity index is 2.07. The number of benzene rings is 1. The molecule has 0 bridgehead atoms. The monoisotopic (exact) mass is 309 g/mol. The number of hydrogen-bond acceptors (Lipinski definition) is 3. The van der Waals surface area contributed by atoms with Crippen LogP contribution in [0, 0.1) is 6.92 Å². The minimum Gasteiger partial charge on any atom is -0.338 e. The largest absolute Gasteiger partial charge is 0.338 e. The normalized spacial score (nSPS) is 20.4. The molecular weight excluding hydrogens is 286 g/mol. The van der Waals surface area contributed by atoms with Gasteiger partial charge >= 0.3 is 0 Å². The minimum absolute atomic E-state index is 0.0304. The first kappa shape index (κ1) is 16.0. The van der Waals surface area contributed by atoms with E-state index in [1.165, 1.54) is 5.56 Å². The fourth-order valence-electron chi connectivity index (χ4n) is 2.76. The summed E-state index contributed by atoms with van der Waals surface area (Å²) < 4.78 is 23.3. The average molecular weight is 309 g/mol. The molecule has 0 radical (unpaired) electrons. The van der Waals surface area contributed by atoms with Crippen molar-refractivity contribution in [1.82, 2.24) is 4.90 Å². The van der Waals surface area contributed by atoms with Crippen LogP contribution in [0.4, 0.5) is 0 Å². The lowest BCUT2D eigenvalue weighted by atomic mass is 10.1. The van der Waals surface area contributed by atoms with Gasteiger partial charge in [-0.25, -0.2) is 8.42 Å². The lowest BCUT2D eigenvalue weighted by Gasteiger charge is -2.28. The number of carbonyl (C=O) groups excluding carboxylic acids is 1. The number of nitrogens with zero attached hydrogens (tertiary/aromatic N) is 1. The maximum absolute atomic E-state index is 12.5. The third kappa shape index (κ3) is 4.30. The van der Waals surface area contributed by atoms with E-state index >= 15 is 0 Å². The van der Waals surface area contributed by atoms with Gasteiger partial charge in [0, 0.05) is 12.6 Å². The zero-order valence-electron chi connectivity index (χ0n) is 12.7. The molecule has 0 N–H and O–H groups in total. The minimum atomic E-state index is -2.96. The predicted molar refractivity (Wildman–Crippen MR) is 83.9 cm³/mol. The number of carbonyl (C=O) groups is 1. The van der Waals surface area contributed by atoms with Gasteiger partial charge in [-0.1, -0.05) is 36.8 Å². The Morgan fingerprint density at radius 1 is 1.29 bits per heavy atom. The van der Waals surface area contributed by atoms with Gasteiger partial charge in [-0.05, 0) is 25.3 Å². The molecule has 1 amide bonds. The topological polar surface area (TPSA) is 54.5 Å². The Morgan fingerprint density at radius 2 is 1.95 bits per heavy atom. The fraction of sp³-hybridized carbons (Fsp3) is 0.562. The Hall–Kier alpha value is -1.36. The molecule has 21 heavy (non-hydrogen) atoms. The molecule has 0 aromatic heterocycles. The van der Waals surface area contributed by atoms with Crippen molar-refractivity contribution in [2.45, 2.75) is 39.2 Å². The summed E-state index contributed by atoms with van der Waals surface area (Å²) in [6, 6.07) is 7.76. The van der Waals surface area contributed by atoms with Gasteiger partial charge in [-0.3, -0.25) is 4.79 Å². The molecule has 1 saturated heterocycles. The van der Waals surface area contributed by atoms with E-state index in [1.54, 1.807) is 4.90 Å². The Labute approximate surface area is 127 Å². The molecule has 1 fully saturated rings. The summed E-state index contributed by atoms with van der Waals surface area (Å²) in [6.07, 6.45) is 1.76. The highest BCUT2D eigenvalue weighted by Gasteiger charge is 2.34. The summed E-state index contributed by atoms with van der Waals surface area (Å²) in [7, 11) is -2.96. The molecule has 0 spiro atoms. The quantitative estimate of drug-likeness (QED) is 0.835. The molecule has 1 aromatic rings. The van der Waals surface area contributed by atoms with Crippen LogP contribution in [0.3, 0.4) is 0 Å². The van der Waals surface area contributed by atoms with E-state index in [0.717, 1.165) is 12.0 Å². The summed E-state index contributed by atoms with van der Waals surface area (Å²) >= 11 is 0. The maximum Gasteiger partial charge on any atom is 0.227 e. The van der Waals surface area contributed by atoms with Crippen LogP contribution in [0.15, 0.2) is 24.3 Å². The summed E-state index contributed by atoms with van der Waals surface area (Å²) in [5, 5.41) is 0. The van der Waals surface area contributed by atoms with E-state index in [4.69, 9.17) is 0 Å². The van der Waals surface area contributed by atoms with Gasteiger partial charge in [-0.2, -0.15) is 0 Å². The first-order valence-electron chi connectivity index (χ1n) is 7.46. The van der Waals surface area contributed by atoms with E-state index in [0.29, 0.717) is 19.4 Å². The van der Waals surface area contributed by atoms with E-state index in [-0.39, 0.29) is 23.5 Å². The Kier molecular flexibility index (Phi) is 5.04. The third-order valence-corrected chi connectivity index (χ3v) is 5.66. The highest BCUT2D eigenvalue weighted by atomic mass is 32.2. The third-order valence-electron chi connectivity index (χ3n) is 3.91. The van der Waals surface area contributed by atoms with E-state index in [2.05, 4.69) is 0 Å². The van der Waals surface area contributed by atoms with Crippen LogP contribution < -0.4 is 0 Å². The van der Waals surface area contributed by atoms with Gasteiger partial charge in [0.2, 0.25) is 5.91 Å². The zero-order valence-corrected chi connectivity index (χ0v) is 13.5. The maximum atomic E-state index is 12.5. The standard InChI is InChI=1S/C16H23NO3S/c1-3-9-17(15-8-10-21(19,20)12-15)16(18)11-14-6-4-13(2)5-7-14/h4-7,15H,3,8-12H2,1-2H3. The van der Waals surface area contributed by atoms with Crippen molar-refractivity contribution in [3.63, 3.8) is 0 Å². The van der Waals surface area contributed by atoms with Crippen LogP contribution in [0.25, 0.3) is 0 Å². The highest BCUT2D eigenvalue weighted by Crippen LogP contribution is 2.19. The lowest BCUT2D eigenvalue weighted by Crippen LogP contribution is -2.42. The van der Waals surface area contributed by atoms with Crippen LogP contribution in [0.1, 0.15) is 30.9 Å². The molecule has 1 unspecified atom stereocenters. The van der Waals surface area contributed by atoms with Crippen LogP contribution in [0.2, 0.25) is 0 Å². The molecule has 1 aliphatic rings. The summed E-state index contributed by atoms with van der Waals surface area (Å²) in [6.45, 7) is 4.65. The van der Waals surface area contributed by atoms with Crippen molar-refractivity contribution in [3.05, 3.63) is 35.4 Å². The van der Waals surface area contributed by atoms with Crippen molar-refractivity contribution >= 4 is 15.7 Å². The fourth-order valence-corrected chi connectivity index (χ4v) is 4.49. The average Bonchev–Trinajstić information content (AvgIpc) is 2.78. The van der Waals surface area contributed by atoms with E-state index in [9.17, 15) is 13.2 Å². The van der Waals surface area contributed by atoms with E-state index in [1.807, 2.05) is 38.1 Å². The molecule has 1 aliphatic heterocycles. The molecule has 0 saturated carbocycles. The number of rotatable bonds is 5. The van der Waals surface area contributed by atoms with Crippen LogP contribution >= 0.6 is 0 Å². The smallest absolute Gasteiger partial charge is 0.227 e. The predicted octanol–water partition coefficient (Wildman–Crippen LogP) is 1.96. The molecular formula is C16H23NO3S. The van der Waals surface area contributed by atoms with Crippen molar-refractivity contribution in [1.29, 1.82) is 0 Å². The number of sulfone groups is 1. The van der Waals surface area contributed by atoms with Gasteiger partial charge in [-0.15, -0.1) is 0 Å². The summed E-state index contributed by atoms with van der Waals surface area (Å²) in [4.78, 5) is 14.3. The van der Waals surface area contributed by atoms with Crippen molar-refractivity contribution in [3.8, 4) is 0 Å². The molecule has 0 aliphatic carbocycles. The summed E-state index contributed by atoms with van der Waals surface area (Å²) in [5.41, 5.74) is 2.14.